The van der Waals surface area contributed by atoms with E-state index in [1.165, 1.54) is 33.4 Å². The van der Waals surface area contributed by atoms with Crippen LogP contribution in [-0.4, -0.2) is 0 Å². The van der Waals surface area contributed by atoms with Gasteiger partial charge in [0.05, 0.1) is 0 Å². The van der Waals surface area contributed by atoms with Crippen LogP contribution in [0.1, 0.15) is 45.2 Å². The lowest BCUT2D eigenvalue weighted by Gasteiger charge is -2.18. The van der Waals surface area contributed by atoms with Crippen LogP contribution in [0.25, 0.3) is 0 Å². The first-order valence-corrected chi connectivity index (χ1v) is 13.2. The first kappa shape index (κ1) is 25.0. The van der Waals surface area contributed by atoms with Gasteiger partial charge in [0.2, 0.25) is 0 Å². The molecule has 0 radical (unpaired) electrons. The normalized spacial score (nSPS) is 10.6. The zero-order valence-electron chi connectivity index (χ0n) is 21.5. The van der Waals surface area contributed by atoms with Crippen molar-refractivity contribution < 1.29 is 0 Å². The lowest BCUT2D eigenvalue weighted by atomic mass is 9.85. The summed E-state index contributed by atoms with van der Waals surface area (Å²) in [6.45, 7) is 0. The number of hydrogen-bond acceptors (Lipinski definition) is 0. The Morgan fingerprint density at radius 1 is 0.184 bits per heavy atom. The summed E-state index contributed by atoms with van der Waals surface area (Å²) in [5.74, 6) is 0.618. The van der Waals surface area contributed by atoms with Crippen molar-refractivity contribution in [1.82, 2.24) is 0 Å². The monoisotopic (exact) mass is 488 g/mol. The number of rotatable bonds is 6. The van der Waals surface area contributed by atoms with Gasteiger partial charge in [-0.2, -0.15) is 0 Å². The minimum atomic E-state index is 0.309. The Bertz CT molecular complexity index is 1150. The number of hydrogen-bond donors (Lipinski definition) is 0. The van der Waals surface area contributed by atoms with Gasteiger partial charge in [-0.15, -0.1) is 0 Å². The van der Waals surface area contributed by atoms with Gasteiger partial charge in [0.15, 0.2) is 0 Å². The molecule has 0 nitrogen and oxygen atoms in total. The van der Waals surface area contributed by atoms with Crippen LogP contribution in [0, 0.1) is 0 Å². The van der Waals surface area contributed by atoms with Crippen molar-refractivity contribution in [3.05, 3.63) is 215 Å². The van der Waals surface area contributed by atoms with E-state index in [0.29, 0.717) is 11.8 Å². The molecule has 6 aromatic carbocycles. The summed E-state index contributed by atoms with van der Waals surface area (Å²) < 4.78 is 0. The summed E-state index contributed by atoms with van der Waals surface area (Å²) in [5, 5.41) is 0. The van der Waals surface area contributed by atoms with Crippen LogP contribution in [0.2, 0.25) is 0 Å². The van der Waals surface area contributed by atoms with Gasteiger partial charge in [0.1, 0.15) is 0 Å². The molecule has 6 rings (SSSR count). The van der Waals surface area contributed by atoms with Crippen molar-refractivity contribution in [2.45, 2.75) is 11.8 Å². The zero-order valence-corrected chi connectivity index (χ0v) is 21.5. The minimum Gasteiger partial charge on any atom is -0.0622 e. The maximum absolute atomic E-state index is 2.20. The third-order valence-electron chi connectivity index (χ3n) is 6.80. The fourth-order valence-electron chi connectivity index (χ4n) is 5.03. The lowest BCUT2D eigenvalue weighted by molar-refractivity contribution is 0.977. The molecule has 0 heterocycles. The standard InChI is InChI=1S/2C19H16/c2*1-4-10-16(11-5-1)19(17-12-6-2-7-13-17)18-14-8-3-9-15-18/h2*1-15,19H. The molecule has 0 aliphatic heterocycles. The van der Waals surface area contributed by atoms with E-state index in [2.05, 4.69) is 182 Å². The molecule has 0 saturated heterocycles. The van der Waals surface area contributed by atoms with Crippen molar-refractivity contribution in [3.8, 4) is 0 Å². The van der Waals surface area contributed by atoms with Crippen molar-refractivity contribution >= 4 is 0 Å². The van der Waals surface area contributed by atoms with Crippen molar-refractivity contribution in [2.24, 2.45) is 0 Å². The molecule has 0 fully saturated rings. The lowest BCUT2D eigenvalue weighted by Crippen LogP contribution is -2.02. The first-order valence-electron chi connectivity index (χ1n) is 13.2. The Hall–Kier alpha value is -4.68. The third kappa shape index (κ3) is 6.35. The van der Waals surface area contributed by atoms with Gasteiger partial charge >= 0.3 is 0 Å². The predicted octanol–water partition coefficient (Wildman–Crippen LogP) is 9.73. The van der Waals surface area contributed by atoms with Crippen molar-refractivity contribution in [3.63, 3.8) is 0 Å². The SMILES string of the molecule is c1ccc(C(c2ccccc2)c2ccccc2)cc1.c1ccc(C(c2ccccc2)c2ccccc2)cc1. The van der Waals surface area contributed by atoms with Crippen LogP contribution in [0.3, 0.4) is 0 Å². The summed E-state index contributed by atoms with van der Waals surface area (Å²) in [5.41, 5.74) is 8.00. The van der Waals surface area contributed by atoms with E-state index in [4.69, 9.17) is 0 Å². The van der Waals surface area contributed by atoms with Crippen LogP contribution in [0.5, 0.6) is 0 Å². The Labute approximate surface area is 226 Å². The molecular formula is C38H32. The summed E-state index contributed by atoms with van der Waals surface area (Å²) in [4.78, 5) is 0. The molecule has 0 aliphatic rings. The molecule has 0 bridgehead atoms. The van der Waals surface area contributed by atoms with E-state index >= 15 is 0 Å². The molecule has 0 saturated carbocycles. The molecule has 0 aromatic heterocycles. The van der Waals surface area contributed by atoms with Gasteiger partial charge in [-0.05, 0) is 33.4 Å². The zero-order chi connectivity index (χ0) is 25.8. The molecule has 184 valence electrons. The summed E-state index contributed by atoms with van der Waals surface area (Å²) >= 11 is 0. The second-order valence-corrected chi connectivity index (χ2v) is 9.33. The molecule has 38 heavy (non-hydrogen) atoms. The fraction of sp³-hybridized carbons (Fsp3) is 0.0526. The molecule has 0 unspecified atom stereocenters. The van der Waals surface area contributed by atoms with E-state index in [9.17, 15) is 0 Å². The highest BCUT2D eigenvalue weighted by atomic mass is 14.2. The highest BCUT2D eigenvalue weighted by Crippen LogP contribution is 2.32. The molecule has 0 heteroatoms. The Morgan fingerprint density at radius 2 is 0.316 bits per heavy atom. The second kappa shape index (κ2) is 13.0. The van der Waals surface area contributed by atoms with E-state index < -0.39 is 0 Å². The van der Waals surface area contributed by atoms with Crippen LogP contribution >= 0.6 is 0 Å². The van der Waals surface area contributed by atoms with Crippen LogP contribution in [0.4, 0.5) is 0 Å². The highest BCUT2D eigenvalue weighted by molar-refractivity contribution is 5.44. The van der Waals surface area contributed by atoms with Gasteiger partial charge in [-0.1, -0.05) is 182 Å². The average molecular weight is 489 g/mol. The molecule has 0 N–H and O–H groups in total. The number of benzene rings is 6. The third-order valence-corrected chi connectivity index (χ3v) is 6.80. The van der Waals surface area contributed by atoms with E-state index in [0.717, 1.165) is 0 Å². The highest BCUT2D eigenvalue weighted by Gasteiger charge is 2.16. The Kier molecular flexibility index (Phi) is 8.57. The molecular weight excluding hydrogens is 456 g/mol. The molecule has 0 spiro atoms. The van der Waals surface area contributed by atoms with Crippen LogP contribution in [-0.2, 0) is 0 Å². The molecule has 0 aliphatic carbocycles. The second-order valence-electron chi connectivity index (χ2n) is 9.33. The molecule has 0 amide bonds. The fourth-order valence-corrected chi connectivity index (χ4v) is 5.03. The maximum atomic E-state index is 2.20. The Morgan fingerprint density at radius 3 is 0.447 bits per heavy atom. The van der Waals surface area contributed by atoms with Gasteiger partial charge in [-0.3, -0.25) is 0 Å². The largest absolute Gasteiger partial charge is 0.0622 e. The van der Waals surface area contributed by atoms with E-state index in [1.54, 1.807) is 0 Å². The van der Waals surface area contributed by atoms with Crippen LogP contribution < -0.4 is 0 Å². The van der Waals surface area contributed by atoms with Crippen molar-refractivity contribution in [2.75, 3.05) is 0 Å². The van der Waals surface area contributed by atoms with E-state index in [-0.39, 0.29) is 0 Å². The topological polar surface area (TPSA) is 0 Å². The van der Waals surface area contributed by atoms with Gasteiger partial charge in [0, 0.05) is 11.8 Å². The van der Waals surface area contributed by atoms with Gasteiger partial charge in [0.25, 0.3) is 0 Å². The Balaban J connectivity index is 0.000000155. The summed E-state index contributed by atoms with van der Waals surface area (Å²) in [6, 6.07) is 64.0. The van der Waals surface area contributed by atoms with Crippen molar-refractivity contribution in [1.29, 1.82) is 0 Å². The quantitative estimate of drug-likeness (QED) is 0.205. The first-order chi connectivity index (χ1) is 18.9. The van der Waals surface area contributed by atoms with Gasteiger partial charge < -0.3 is 0 Å². The van der Waals surface area contributed by atoms with Gasteiger partial charge in [-0.25, -0.2) is 0 Å². The molecule has 6 aromatic rings. The van der Waals surface area contributed by atoms with E-state index in [1.807, 2.05) is 0 Å². The predicted molar refractivity (Wildman–Crippen MR) is 161 cm³/mol. The summed E-state index contributed by atoms with van der Waals surface area (Å²) in [6.07, 6.45) is 0. The maximum Gasteiger partial charge on any atom is 0.0339 e. The van der Waals surface area contributed by atoms with Crippen LogP contribution in [0.15, 0.2) is 182 Å². The average Bonchev–Trinajstić information content (AvgIpc) is 3.01. The minimum absolute atomic E-state index is 0.309. The summed E-state index contributed by atoms with van der Waals surface area (Å²) in [7, 11) is 0. The molecule has 0 atom stereocenters. The smallest absolute Gasteiger partial charge is 0.0339 e.